The Balaban J connectivity index is 1.61. The van der Waals surface area contributed by atoms with Gasteiger partial charge in [0.1, 0.15) is 5.25 Å². The Morgan fingerprint density at radius 2 is 2.04 bits per heavy atom. The van der Waals surface area contributed by atoms with E-state index in [1.54, 1.807) is 35.8 Å². The van der Waals surface area contributed by atoms with Gasteiger partial charge in [-0.2, -0.15) is 0 Å². The van der Waals surface area contributed by atoms with Crippen LogP contribution in [0.2, 0.25) is 5.02 Å². The van der Waals surface area contributed by atoms with E-state index in [4.69, 9.17) is 11.6 Å². The van der Waals surface area contributed by atoms with E-state index >= 15 is 0 Å². The van der Waals surface area contributed by atoms with Crippen LogP contribution in [0.1, 0.15) is 12.0 Å². The van der Waals surface area contributed by atoms with E-state index in [1.165, 1.54) is 11.3 Å². The Hall–Kier alpha value is -1.90. The average Bonchev–Trinajstić information content (AvgIpc) is 3.13. The third kappa shape index (κ3) is 3.95. The van der Waals surface area contributed by atoms with Crippen LogP contribution in [0.25, 0.3) is 0 Å². The molecule has 1 aliphatic rings. The van der Waals surface area contributed by atoms with Gasteiger partial charge >= 0.3 is 0 Å². The lowest BCUT2D eigenvalue weighted by molar-refractivity contribution is -0.129. The van der Waals surface area contributed by atoms with Crippen molar-refractivity contribution in [1.29, 1.82) is 0 Å². The number of carbonyl (C=O) groups excluding carboxylic acids is 3. The van der Waals surface area contributed by atoms with Crippen molar-refractivity contribution in [3.05, 3.63) is 46.4 Å². The van der Waals surface area contributed by atoms with Gasteiger partial charge < -0.3 is 5.32 Å². The van der Waals surface area contributed by atoms with Crippen molar-refractivity contribution in [3.8, 4) is 0 Å². The highest BCUT2D eigenvalue weighted by Crippen LogP contribution is 2.31. The van der Waals surface area contributed by atoms with Gasteiger partial charge in [0.2, 0.25) is 11.8 Å². The Labute approximate surface area is 151 Å². The topological polar surface area (TPSA) is 79.4 Å². The predicted molar refractivity (Wildman–Crippen MR) is 94.1 cm³/mol. The summed E-state index contributed by atoms with van der Waals surface area (Å²) in [4.78, 5) is 41.5. The zero-order valence-corrected chi connectivity index (χ0v) is 14.7. The fourth-order valence-corrected chi connectivity index (χ4v) is 3.83. The van der Waals surface area contributed by atoms with Gasteiger partial charge in [0.05, 0.1) is 6.54 Å². The summed E-state index contributed by atoms with van der Waals surface area (Å²) >= 11 is 7.99. The molecule has 1 aromatic heterocycles. The Morgan fingerprint density at radius 1 is 1.29 bits per heavy atom. The van der Waals surface area contributed by atoms with Gasteiger partial charge in [-0.05, 0) is 17.7 Å². The Kier molecular flexibility index (Phi) is 5.17. The van der Waals surface area contributed by atoms with Crippen LogP contribution in [0.3, 0.4) is 0 Å². The molecule has 1 aromatic carbocycles. The molecule has 6 nitrogen and oxygen atoms in total. The van der Waals surface area contributed by atoms with Crippen LogP contribution < -0.4 is 5.32 Å². The van der Waals surface area contributed by atoms with Crippen LogP contribution >= 0.6 is 34.7 Å². The predicted octanol–water partition coefficient (Wildman–Crippen LogP) is 3.39. The lowest BCUT2D eigenvalue weighted by Gasteiger charge is -2.13. The van der Waals surface area contributed by atoms with Crippen LogP contribution in [0.5, 0.6) is 0 Å². The van der Waals surface area contributed by atoms with Crippen molar-refractivity contribution in [2.24, 2.45) is 0 Å². The molecule has 2 heterocycles. The normalized spacial score (nSPS) is 17.4. The second-order valence-electron chi connectivity index (χ2n) is 5.01. The molecule has 0 aliphatic carbocycles. The molecule has 1 fully saturated rings. The maximum atomic E-state index is 12.4. The fraction of sp³-hybridized carbons (Fsp3) is 0.200. The maximum absolute atomic E-state index is 12.4. The molecule has 0 saturated carbocycles. The molecule has 124 valence electrons. The van der Waals surface area contributed by atoms with Crippen LogP contribution in [0, 0.1) is 0 Å². The zero-order chi connectivity index (χ0) is 17.1. The van der Waals surface area contributed by atoms with Crippen LogP contribution in [-0.4, -0.2) is 32.2 Å². The van der Waals surface area contributed by atoms with Crippen molar-refractivity contribution < 1.29 is 14.4 Å². The molecular formula is C15H12ClN3O3S2. The Bertz CT molecular complexity index is 765. The van der Waals surface area contributed by atoms with E-state index in [0.717, 1.165) is 22.2 Å². The van der Waals surface area contributed by atoms with Gasteiger partial charge in [-0.15, -0.1) is 11.3 Å². The minimum Gasteiger partial charge on any atom is -0.302 e. The zero-order valence-electron chi connectivity index (χ0n) is 12.3. The molecule has 0 radical (unpaired) electrons. The van der Waals surface area contributed by atoms with Gasteiger partial charge in [-0.25, -0.2) is 4.98 Å². The highest BCUT2D eigenvalue weighted by atomic mass is 35.5. The van der Waals surface area contributed by atoms with Crippen molar-refractivity contribution in [2.45, 2.75) is 18.2 Å². The number of thiazole rings is 1. The number of carbonyl (C=O) groups is 3. The standard InChI is InChI=1S/C15H12ClN3O3S2/c16-10-3-1-9(2-4-10)8-19-13(21)11(24-15(19)22)7-12(20)18-14-17-5-6-23-14/h1-6,11H,7-8H2,(H,17,18,20)/t11-/m0/s1. The highest BCUT2D eigenvalue weighted by Gasteiger charge is 2.40. The first-order chi connectivity index (χ1) is 11.5. The molecule has 2 aromatic rings. The van der Waals surface area contributed by atoms with Crippen molar-refractivity contribution >= 4 is 56.9 Å². The van der Waals surface area contributed by atoms with Crippen LogP contribution in [0.15, 0.2) is 35.8 Å². The second kappa shape index (κ2) is 7.33. The summed E-state index contributed by atoms with van der Waals surface area (Å²) in [6, 6.07) is 6.92. The van der Waals surface area contributed by atoms with Crippen LogP contribution in [0.4, 0.5) is 9.93 Å². The van der Waals surface area contributed by atoms with E-state index in [1.807, 2.05) is 0 Å². The number of rotatable bonds is 5. The highest BCUT2D eigenvalue weighted by molar-refractivity contribution is 8.15. The molecule has 24 heavy (non-hydrogen) atoms. The lowest BCUT2D eigenvalue weighted by atomic mass is 10.2. The third-order valence-corrected chi connectivity index (χ3v) is 5.32. The SMILES string of the molecule is O=C(C[C@@H]1SC(=O)N(Cc2ccc(Cl)cc2)C1=O)Nc1nccs1. The summed E-state index contributed by atoms with van der Waals surface area (Å²) in [5.74, 6) is -0.689. The van der Waals surface area contributed by atoms with Gasteiger partial charge in [-0.1, -0.05) is 35.5 Å². The number of amides is 3. The quantitative estimate of drug-likeness (QED) is 0.858. The minimum absolute atomic E-state index is 0.0636. The van der Waals surface area contributed by atoms with Crippen LogP contribution in [-0.2, 0) is 16.1 Å². The maximum Gasteiger partial charge on any atom is 0.289 e. The van der Waals surface area contributed by atoms with Gasteiger partial charge in [0.25, 0.3) is 5.24 Å². The number of hydrogen-bond acceptors (Lipinski definition) is 6. The van der Waals surface area contributed by atoms with E-state index in [-0.39, 0.29) is 30.0 Å². The molecule has 0 bridgehead atoms. The number of nitrogens with zero attached hydrogens (tertiary/aromatic N) is 2. The summed E-state index contributed by atoms with van der Waals surface area (Å²) < 4.78 is 0. The Morgan fingerprint density at radius 3 is 2.71 bits per heavy atom. The summed E-state index contributed by atoms with van der Waals surface area (Å²) in [6.07, 6.45) is 1.51. The number of imide groups is 1. The van der Waals surface area contributed by atoms with Crippen molar-refractivity contribution in [2.75, 3.05) is 5.32 Å². The molecule has 1 atom stereocenters. The van der Waals surface area contributed by atoms with Gasteiger partial charge in [0.15, 0.2) is 5.13 Å². The molecule has 0 unspecified atom stereocenters. The van der Waals surface area contributed by atoms with E-state index in [2.05, 4.69) is 10.3 Å². The molecule has 1 aliphatic heterocycles. The molecule has 1 N–H and O–H groups in total. The van der Waals surface area contributed by atoms with Gasteiger partial charge in [-0.3, -0.25) is 19.3 Å². The summed E-state index contributed by atoms with van der Waals surface area (Å²) in [5.41, 5.74) is 0.801. The number of thioether (sulfide) groups is 1. The minimum atomic E-state index is -0.704. The summed E-state index contributed by atoms with van der Waals surface area (Å²) in [7, 11) is 0. The van der Waals surface area contributed by atoms with Gasteiger partial charge in [0, 0.05) is 23.0 Å². The largest absolute Gasteiger partial charge is 0.302 e. The fourth-order valence-electron chi connectivity index (χ4n) is 2.17. The number of nitrogens with one attached hydrogen (secondary N) is 1. The third-order valence-electron chi connectivity index (χ3n) is 3.31. The van der Waals surface area contributed by atoms with E-state index < -0.39 is 5.25 Å². The van der Waals surface area contributed by atoms with E-state index in [0.29, 0.717) is 10.2 Å². The number of anilines is 1. The molecule has 0 spiro atoms. The monoisotopic (exact) mass is 381 g/mol. The molecule has 9 heteroatoms. The number of benzene rings is 1. The van der Waals surface area contributed by atoms with Crippen molar-refractivity contribution in [1.82, 2.24) is 9.88 Å². The number of halogens is 1. The molecule has 1 saturated heterocycles. The van der Waals surface area contributed by atoms with Crippen molar-refractivity contribution in [3.63, 3.8) is 0 Å². The summed E-state index contributed by atoms with van der Waals surface area (Å²) in [6.45, 7) is 0.173. The first-order valence-electron chi connectivity index (χ1n) is 6.98. The number of hydrogen-bond donors (Lipinski definition) is 1. The number of aromatic nitrogens is 1. The molecule has 3 amide bonds. The first kappa shape index (κ1) is 16.9. The summed E-state index contributed by atoms with van der Waals surface area (Å²) in [5, 5.41) is 4.36. The smallest absolute Gasteiger partial charge is 0.289 e. The lowest BCUT2D eigenvalue weighted by Crippen LogP contribution is -2.32. The average molecular weight is 382 g/mol. The molecule has 3 rings (SSSR count). The molecular weight excluding hydrogens is 370 g/mol. The first-order valence-corrected chi connectivity index (χ1v) is 9.12. The van der Waals surface area contributed by atoms with E-state index in [9.17, 15) is 14.4 Å². The second-order valence-corrected chi connectivity index (χ2v) is 7.50.